The third kappa shape index (κ3) is 2.92. The average Bonchev–Trinajstić information content (AvgIpc) is 2.97. The van der Waals surface area contributed by atoms with E-state index in [1.54, 1.807) is 47.2 Å². The number of halogens is 2. The summed E-state index contributed by atoms with van der Waals surface area (Å²) in [6.07, 6.45) is 6.45. The molecule has 4 heterocycles. The number of amides is 1. The molecule has 134 valence electrons. The zero-order valence-corrected chi connectivity index (χ0v) is 14.9. The summed E-state index contributed by atoms with van der Waals surface area (Å²) < 4.78 is 15.1. The zero-order valence-electron chi connectivity index (χ0n) is 14.2. The number of carbonyl (C=O) groups excluding carboxylic acids is 1. The van der Waals surface area contributed by atoms with Crippen molar-refractivity contribution in [1.29, 1.82) is 0 Å². The van der Waals surface area contributed by atoms with Crippen LogP contribution < -0.4 is 0 Å². The molecule has 0 radical (unpaired) electrons. The van der Waals surface area contributed by atoms with Gasteiger partial charge in [-0.05, 0) is 25.8 Å². The fourth-order valence-electron chi connectivity index (χ4n) is 3.22. The molecule has 0 N–H and O–H groups in total. The molecule has 26 heavy (non-hydrogen) atoms. The Bertz CT molecular complexity index is 967. The summed E-state index contributed by atoms with van der Waals surface area (Å²) in [5.74, 6) is 0.465. The number of hydrogen-bond acceptors (Lipinski definition) is 4. The lowest BCUT2D eigenvalue weighted by Crippen LogP contribution is -2.39. The van der Waals surface area contributed by atoms with Crippen molar-refractivity contribution in [2.75, 3.05) is 13.1 Å². The molecule has 8 heteroatoms. The van der Waals surface area contributed by atoms with Gasteiger partial charge in [0, 0.05) is 37.1 Å². The molecule has 1 fully saturated rings. The van der Waals surface area contributed by atoms with Crippen molar-refractivity contribution in [2.45, 2.75) is 25.9 Å². The summed E-state index contributed by atoms with van der Waals surface area (Å²) in [6, 6.07) is 1.76. The van der Waals surface area contributed by atoms with E-state index in [1.165, 1.54) is 0 Å². The molecule has 0 spiro atoms. The van der Waals surface area contributed by atoms with Gasteiger partial charge >= 0.3 is 0 Å². The number of pyridine rings is 1. The van der Waals surface area contributed by atoms with Crippen molar-refractivity contribution in [1.82, 2.24) is 24.4 Å². The summed E-state index contributed by atoms with van der Waals surface area (Å²) in [5, 5.41) is 1.15. The normalized spacial score (nSPS) is 15.6. The van der Waals surface area contributed by atoms with Gasteiger partial charge in [-0.25, -0.2) is 14.4 Å². The van der Waals surface area contributed by atoms with E-state index in [1.807, 2.05) is 0 Å². The zero-order chi connectivity index (χ0) is 18.3. The molecule has 3 aromatic rings. The summed E-state index contributed by atoms with van der Waals surface area (Å²) in [4.78, 5) is 27.5. The topological polar surface area (TPSA) is 63.9 Å². The van der Waals surface area contributed by atoms with Gasteiger partial charge in [0.1, 0.15) is 11.8 Å². The molecule has 0 bridgehead atoms. The first-order valence-corrected chi connectivity index (χ1v) is 8.80. The third-order valence-electron chi connectivity index (χ3n) is 4.66. The highest BCUT2D eigenvalue weighted by atomic mass is 35.5. The van der Waals surface area contributed by atoms with Crippen molar-refractivity contribution in [3.8, 4) is 5.82 Å². The molecule has 1 aliphatic heterocycles. The second-order valence-corrected chi connectivity index (χ2v) is 6.78. The van der Waals surface area contributed by atoms with Gasteiger partial charge in [-0.1, -0.05) is 11.6 Å². The van der Waals surface area contributed by atoms with Crippen LogP contribution in [-0.4, -0.2) is 49.6 Å². The lowest BCUT2D eigenvalue weighted by molar-refractivity contribution is 0.0666. The third-order valence-corrected chi connectivity index (χ3v) is 4.96. The standard InChI is InChI=1S/C18H17ClFN5O/c1-11-13(18(26)24-6-2-12(20)3-7-24)8-14-15(19)10-25(17(14)23-11)16-9-21-4-5-22-16/h4-5,8-10,12H,2-3,6-7H2,1H3. The van der Waals surface area contributed by atoms with Crippen molar-refractivity contribution in [3.63, 3.8) is 0 Å². The van der Waals surface area contributed by atoms with Gasteiger partial charge in [0.15, 0.2) is 5.82 Å². The average molecular weight is 374 g/mol. The molecule has 3 aromatic heterocycles. The predicted octanol–water partition coefficient (Wildman–Crippen LogP) is 3.35. The van der Waals surface area contributed by atoms with E-state index in [9.17, 15) is 9.18 Å². The highest BCUT2D eigenvalue weighted by Crippen LogP contribution is 2.29. The molecular weight excluding hydrogens is 357 g/mol. The molecule has 1 aliphatic rings. The minimum Gasteiger partial charge on any atom is -0.338 e. The number of aromatic nitrogens is 4. The van der Waals surface area contributed by atoms with Crippen LogP contribution in [0.5, 0.6) is 0 Å². The first-order chi connectivity index (χ1) is 12.5. The fraction of sp³-hybridized carbons (Fsp3) is 0.333. The molecule has 0 atom stereocenters. The second kappa shape index (κ2) is 6.64. The van der Waals surface area contributed by atoms with Gasteiger partial charge in [-0.15, -0.1) is 0 Å². The Kier molecular flexibility index (Phi) is 4.32. The number of alkyl halides is 1. The SMILES string of the molecule is Cc1nc2c(cc1C(=O)N1CCC(F)CC1)c(Cl)cn2-c1cnccn1. The summed E-state index contributed by atoms with van der Waals surface area (Å²) in [6.45, 7) is 2.63. The van der Waals surface area contributed by atoms with Crippen molar-refractivity contribution >= 4 is 28.5 Å². The van der Waals surface area contributed by atoms with E-state index in [2.05, 4.69) is 15.0 Å². The van der Waals surface area contributed by atoms with Gasteiger partial charge in [0.25, 0.3) is 5.91 Å². The highest BCUT2D eigenvalue weighted by molar-refractivity contribution is 6.35. The van der Waals surface area contributed by atoms with Gasteiger partial charge in [0.05, 0.1) is 22.5 Å². The monoisotopic (exact) mass is 373 g/mol. The second-order valence-electron chi connectivity index (χ2n) is 6.37. The number of hydrogen-bond donors (Lipinski definition) is 0. The summed E-state index contributed by atoms with van der Waals surface area (Å²) in [5.41, 5.74) is 1.71. The molecule has 0 saturated carbocycles. The predicted molar refractivity (Wildman–Crippen MR) is 96.4 cm³/mol. The maximum absolute atomic E-state index is 13.3. The van der Waals surface area contributed by atoms with E-state index < -0.39 is 6.17 Å². The molecule has 0 aliphatic carbocycles. The first kappa shape index (κ1) is 16.9. The van der Waals surface area contributed by atoms with Gasteiger partial charge in [0.2, 0.25) is 0 Å². The van der Waals surface area contributed by atoms with Crippen LogP contribution in [0.15, 0.2) is 30.9 Å². The van der Waals surface area contributed by atoms with Gasteiger partial charge in [-0.2, -0.15) is 0 Å². The molecule has 0 aromatic carbocycles. The summed E-state index contributed by atoms with van der Waals surface area (Å²) >= 11 is 6.38. The van der Waals surface area contributed by atoms with Crippen LogP contribution in [0.2, 0.25) is 5.02 Å². The maximum Gasteiger partial charge on any atom is 0.255 e. The highest BCUT2D eigenvalue weighted by Gasteiger charge is 2.25. The van der Waals surface area contributed by atoms with E-state index >= 15 is 0 Å². The Labute approximate surface area is 154 Å². The van der Waals surface area contributed by atoms with Crippen LogP contribution in [0, 0.1) is 6.92 Å². The van der Waals surface area contributed by atoms with Gasteiger partial charge in [-0.3, -0.25) is 14.3 Å². The number of likely N-dealkylation sites (tertiary alicyclic amines) is 1. The Balaban J connectivity index is 1.76. The number of piperidine rings is 1. The first-order valence-electron chi connectivity index (χ1n) is 8.42. The lowest BCUT2D eigenvalue weighted by atomic mass is 10.1. The van der Waals surface area contributed by atoms with Crippen molar-refractivity contribution in [3.05, 3.63) is 47.1 Å². The minimum absolute atomic E-state index is 0.132. The quantitative estimate of drug-likeness (QED) is 0.691. The Morgan fingerprint density at radius 3 is 2.77 bits per heavy atom. The molecule has 0 unspecified atom stereocenters. The van der Waals surface area contributed by atoms with Crippen LogP contribution in [0.1, 0.15) is 28.9 Å². The fourth-order valence-corrected chi connectivity index (χ4v) is 3.46. The van der Waals surface area contributed by atoms with Crippen LogP contribution in [0.3, 0.4) is 0 Å². The van der Waals surface area contributed by atoms with Crippen molar-refractivity contribution in [2.24, 2.45) is 0 Å². The minimum atomic E-state index is -0.823. The largest absolute Gasteiger partial charge is 0.338 e. The molecule has 1 amide bonds. The number of aryl methyl sites for hydroxylation is 1. The Hall–Kier alpha value is -2.54. The van der Waals surface area contributed by atoms with Crippen LogP contribution in [-0.2, 0) is 0 Å². The molecule has 4 rings (SSSR count). The number of carbonyl (C=O) groups is 1. The Morgan fingerprint density at radius 1 is 1.31 bits per heavy atom. The number of rotatable bonds is 2. The van der Waals surface area contributed by atoms with Crippen LogP contribution >= 0.6 is 11.6 Å². The number of fused-ring (bicyclic) bond motifs is 1. The van der Waals surface area contributed by atoms with Gasteiger partial charge < -0.3 is 4.90 Å². The summed E-state index contributed by atoms with van der Waals surface area (Å²) in [7, 11) is 0. The van der Waals surface area contributed by atoms with Crippen LogP contribution in [0.25, 0.3) is 16.9 Å². The van der Waals surface area contributed by atoms with Crippen molar-refractivity contribution < 1.29 is 9.18 Å². The smallest absolute Gasteiger partial charge is 0.255 e. The molecular formula is C18H17ClFN5O. The Morgan fingerprint density at radius 2 is 2.08 bits per heavy atom. The van der Waals surface area contributed by atoms with E-state index in [0.29, 0.717) is 59.1 Å². The lowest BCUT2D eigenvalue weighted by Gasteiger charge is -2.29. The van der Waals surface area contributed by atoms with Crippen LogP contribution in [0.4, 0.5) is 4.39 Å². The molecule has 1 saturated heterocycles. The van der Waals surface area contributed by atoms with E-state index in [-0.39, 0.29) is 5.91 Å². The molecule has 6 nitrogen and oxygen atoms in total. The van der Waals surface area contributed by atoms with E-state index in [4.69, 9.17) is 11.6 Å². The maximum atomic E-state index is 13.3. The number of nitrogens with zero attached hydrogens (tertiary/aromatic N) is 5. The van der Waals surface area contributed by atoms with E-state index in [0.717, 1.165) is 0 Å².